The highest BCUT2D eigenvalue weighted by Gasteiger charge is 2.53. The summed E-state index contributed by atoms with van der Waals surface area (Å²) in [5.74, 6) is 3.13. The Morgan fingerprint density at radius 3 is 2.11 bits per heavy atom. The molecule has 6 rings (SSSR count). The van der Waals surface area contributed by atoms with Crippen molar-refractivity contribution >= 4 is 21.6 Å². The van der Waals surface area contributed by atoms with E-state index in [1.54, 1.807) is 16.4 Å². The predicted molar refractivity (Wildman–Crippen MR) is 109 cm³/mol. The molecule has 28 heavy (non-hydrogen) atoms. The van der Waals surface area contributed by atoms with Gasteiger partial charge in [-0.05, 0) is 68.4 Å². The Hall–Kier alpha value is -0.820. The highest BCUT2D eigenvalue weighted by Crippen LogP contribution is 2.57. The molecule has 5 nitrogen and oxygen atoms in total. The van der Waals surface area contributed by atoms with Crippen molar-refractivity contribution < 1.29 is 13.2 Å². The number of hydrogen-bond acceptors (Lipinski definition) is 4. The highest BCUT2D eigenvalue weighted by atomic mass is 35.5. The van der Waals surface area contributed by atoms with E-state index in [0.717, 1.165) is 30.8 Å². The number of benzene rings is 1. The van der Waals surface area contributed by atoms with E-state index in [2.05, 4.69) is 4.90 Å². The third-order valence-electron chi connectivity index (χ3n) is 7.68. The summed E-state index contributed by atoms with van der Waals surface area (Å²) in [5.41, 5.74) is 0.355. The molecule has 0 N–H and O–H groups in total. The van der Waals surface area contributed by atoms with Crippen LogP contribution in [0.25, 0.3) is 0 Å². The van der Waals surface area contributed by atoms with Crippen LogP contribution in [0, 0.1) is 17.8 Å². The van der Waals surface area contributed by atoms with Gasteiger partial charge in [-0.3, -0.25) is 4.90 Å². The van der Waals surface area contributed by atoms with Crippen molar-refractivity contribution in [3.63, 3.8) is 0 Å². The molecule has 4 saturated carbocycles. The van der Waals surface area contributed by atoms with Gasteiger partial charge >= 0.3 is 0 Å². The Labute approximate surface area is 173 Å². The second kappa shape index (κ2) is 6.86. The summed E-state index contributed by atoms with van der Waals surface area (Å²) in [7, 11) is -2.02. The first-order valence-electron chi connectivity index (χ1n) is 10.5. The number of methoxy groups -OCH3 is 1. The molecule has 0 spiro atoms. The van der Waals surface area contributed by atoms with Gasteiger partial charge in [0.25, 0.3) is 0 Å². The molecule has 5 aliphatic rings. The molecule has 0 aromatic heterocycles. The second-order valence-corrected chi connectivity index (χ2v) is 11.7. The zero-order valence-corrected chi connectivity index (χ0v) is 18.0. The molecule has 5 fully saturated rings. The average Bonchev–Trinajstić information content (AvgIpc) is 2.67. The van der Waals surface area contributed by atoms with Crippen molar-refractivity contribution in [2.45, 2.75) is 49.0 Å². The van der Waals surface area contributed by atoms with E-state index in [9.17, 15) is 8.42 Å². The number of piperazine rings is 1. The van der Waals surface area contributed by atoms with Crippen LogP contribution in [0.2, 0.25) is 5.02 Å². The molecule has 1 aliphatic heterocycles. The largest absolute Gasteiger partial charge is 0.495 e. The lowest BCUT2D eigenvalue weighted by Gasteiger charge is -2.61. The van der Waals surface area contributed by atoms with Crippen LogP contribution in [0.4, 0.5) is 0 Å². The van der Waals surface area contributed by atoms with E-state index in [1.165, 1.54) is 51.7 Å². The Morgan fingerprint density at radius 1 is 1.00 bits per heavy atom. The number of halogens is 1. The third-order valence-corrected chi connectivity index (χ3v) is 9.88. The van der Waals surface area contributed by atoms with Gasteiger partial charge in [-0.25, -0.2) is 8.42 Å². The monoisotopic (exact) mass is 424 g/mol. The van der Waals surface area contributed by atoms with Crippen molar-refractivity contribution in [3.8, 4) is 5.75 Å². The van der Waals surface area contributed by atoms with Crippen molar-refractivity contribution in [2.24, 2.45) is 17.8 Å². The molecule has 4 bridgehead atoms. The van der Waals surface area contributed by atoms with Gasteiger partial charge in [-0.2, -0.15) is 4.31 Å². The first-order chi connectivity index (χ1) is 13.4. The summed E-state index contributed by atoms with van der Waals surface area (Å²) in [6, 6.07) is 4.70. The summed E-state index contributed by atoms with van der Waals surface area (Å²) in [6.07, 6.45) is 8.31. The van der Waals surface area contributed by atoms with Gasteiger partial charge in [0, 0.05) is 37.8 Å². The zero-order valence-electron chi connectivity index (χ0n) is 16.4. The van der Waals surface area contributed by atoms with Crippen LogP contribution in [-0.2, 0) is 10.0 Å². The summed E-state index contributed by atoms with van der Waals surface area (Å²) >= 11 is 6.06. The van der Waals surface area contributed by atoms with E-state index in [1.807, 2.05) is 0 Å². The highest BCUT2D eigenvalue weighted by molar-refractivity contribution is 7.89. The van der Waals surface area contributed by atoms with E-state index in [4.69, 9.17) is 16.3 Å². The van der Waals surface area contributed by atoms with Crippen LogP contribution in [0.3, 0.4) is 0 Å². The average molecular weight is 425 g/mol. The molecule has 1 saturated heterocycles. The standard InChI is InChI=1S/C21H29ClN2O3S/c1-27-20-11-18(2-3-19(20)22)28(25,26)24-6-4-23(5-7-24)21-12-15-8-16(13-21)10-17(9-15)14-21/h2-3,11,15-17H,4-10,12-14H2,1H3. The topological polar surface area (TPSA) is 49.9 Å². The van der Waals surface area contributed by atoms with E-state index < -0.39 is 10.0 Å². The van der Waals surface area contributed by atoms with Gasteiger partial charge in [0.2, 0.25) is 10.0 Å². The Bertz CT molecular complexity index is 829. The molecule has 0 amide bonds. The number of rotatable bonds is 4. The van der Waals surface area contributed by atoms with Gasteiger partial charge in [0.1, 0.15) is 5.75 Å². The summed E-state index contributed by atoms with van der Waals surface area (Å²) < 4.78 is 33.1. The van der Waals surface area contributed by atoms with Crippen LogP contribution in [-0.4, -0.2) is 56.5 Å². The fraction of sp³-hybridized carbons (Fsp3) is 0.714. The molecule has 0 atom stereocenters. The number of ether oxygens (including phenoxy) is 1. The lowest BCUT2D eigenvalue weighted by Crippen LogP contribution is -2.64. The Morgan fingerprint density at radius 2 is 1.57 bits per heavy atom. The maximum absolute atomic E-state index is 13.1. The second-order valence-electron chi connectivity index (χ2n) is 9.33. The SMILES string of the molecule is COc1cc(S(=O)(=O)N2CCN(C34CC5CC(CC(C5)C3)C4)CC2)ccc1Cl. The minimum Gasteiger partial charge on any atom is -0.495 e. The normalized spacial score (nSPS) is 36.0. The van der Waals surface area contributed by atoms with Crippen LogP contribution in [0.5, 0.6) is 5.75 Å². The smallest absolute Gasteiger partial charge is 0.243 e. The van der Waals surface area contributed by atoms with Gasteiger partial charge in [0.15, 0.2) is 0 Å². The predicted octanol–water partition coefficient (Wildman–Crippen LogP) is 3.62. The van der Waals surface area contributed by atoms with Crippen LogP contribution in [0.1, 0.15) is 38.5 Å². The quantitative estimate of drug-likeness (QED) is 0.740. The Balaban J connectivity index is 1.31. The maximum atomic E-state index is 13.1. The van der Waals surface area contributed by atoms with Crippen molar-refractivity contribution in [2.75, 3.05) is 33.3 Å². The maximum Gasteiger partial charge on any atom is 0.243 e. The van der Waals surface area contributed by atoms with Crippen LogP contribution < -0.4 is 4.74 Å². The minimum atomic E-state index is -3.52. The molecule has 1 aromatic rings. The fourth-order valence-electron chi connectivity index (χ4n) is 6.80. The van der Waals surface area contributed by atoms with E-state index in [-0.39, 0.29) is 4.90 Å². The fourth-order valence-corrected chi connectivity index (χ4v) is 8.44. The molecule has 1 heterocycles. The molecule has 1 aromatic carbocycles. The first-order valence-corrected chi connectivity index (χ1v) is 12.3. The lowest BCUT2D eigenvalue weighted by atomic mass is 9.52. The van der Waals surface area contributed by atoms with Gasteiger partial charge in [0.05, 0.1) is 17.0 Å². The molecular formula is C21H29ClN2O3S. The molecule has 0 radical (unpaired) electrons. The van der Waals surface area contributed by atoms with Crippen molar-refractivity contribution in [3.05, 3.63) is 23.2 Å². The molecule has 154 valence electrons. The number of sulfonamides is 1. The molecule has 7 heteroatoms. The van der Waals surface area contributed by atoms with E-state index >= 15 is 0 Å². The van der Waals surface area contributed by atoms with Crippen LogP contribution in [0.15, 0.2) is 23.1 Å². The lowest BCUT2D eigenvalue weighted by molar-refractivity contribution is -0.0964. The van der Waals surface area contributed by atoms with E-state index in [0.29, 0.717) is 29.4 Å². The molecule has 0 unspecified atom stereocenters. The minimum absolute atomic E-state index is 0.261. The summed E-state index contributed by atoms with van der Waals surface area (Å²) in [6.45, 7) is 2.82. The van der Waals surface area contributed by atoms with Gasteiger partial charge in [-0.1, -0.05) is 11.6 Å². The molecule has 4 aliphatic carbocycles. The van der Waals surface area contributed by atoms with Crippen molar-refractivity contribution in [1.29, 1.82) is 0 Å². The van der Waals surface area contributed by atoms with Gasteiger partial charge in [-0.15, -0.1) is 0 Å². The van der Waals surface area contributed by atoms with Gasteiger partial charge < -0.3 is 4.74 Å². The molecular weight excluding hydrogens is 396 g/mol. The first kappa shape index (κ1) is 19.2. The summed E-state index contributed by atoms with van der Waals surface area (Å²) in [4.78, 5) is 2.91. The Kier molecular flexibility index (Phi) is 4.70. The summed E-state index contributed by atoms with van der Waals surface area (Å²) in [5, 5.41) is 0.424. The van der Waals surface area contributed by atoms with Crippen molar-refractivity contribution in [1.82, 2.24) is 9.21 Å². The number of nitrogens with zero attached hydrogens (tertiary/aromatic N) is 2. The zero-order chi connectivity index (χ0) is 19.5. The number of hydrogen-bond donors (Lipinski definition) is 0. The third kappa shape index (κ3) is 3.08. The van der Waals surface area contributed by atoms with Crippen LogP contribution >= 0.6 is 11.6 Å².